The smallest absolute Gasteiger partial charge is 0.0371 e. The predicted octanol–water partition coefficient (Wildman–Crippen LogP) is 2.34. The maximum atomic E-state index is 3.99. The number of aromatic nitrogens is 1. The highest BCUT2D eigenvalue weighted by molar-refractivity contribution is 8.06. The van der Waals surface area contributed by atoms with Gasteiger partial charge in [-0.3, -0.25) is 4.98 Å². The zero-order valence-electron chi connectivity index (χ0n) is 7.98. The molecule has 1 aliphatic heterocycles. The SMILES string of the molecule is c1cc(NCC2CSCCS2)ccn1. The normalized spacial score (nSPS) is 21.9. The van der Waals surface area contributed by atoms with Gasteiger partial charge in [0.1, 0.15) is 0 Å². The molecule has 1 aliphatic rings. The number of pyridine rings is 1. The van der Waals surface area contributed by atoms with Gasteiger partial charge in [-0.05, 0) is 12.1 Å². The lowest BCUT2D eigenvalue weighted by atomic mass is 10.4. The summed E-state index contributed by atoms with van der Waals surface area (Å²) in [5.74, 6) is 3.90. The van der Waals surface area contributed by atoms with Crippen LogP contribution >= 0.6 is 23.5 Å². The number of nitrogens with zero attached hydrogens (tertiary/aromatic N) is 1. The number of hydrogen-bond acceptors (Lipinski definition) is 4. The second-order valence-electron chi connectivity index (χ2n) is 3.18. The largest absolute Gasteiger partial charge is 0.384 e. The summed E-state index contributed by atoms with van der Waals surface area (Å²) in [6.45, 7) is 1.07. The summed E-state index contributed by atoms with van der Waals surface area (Å²) < 4.78 is 0. The molecule has 1 atom stereocenters. The van der Waals surface area contributed by atoms with Crippen LogP contribution in [0.1, 0.15) is 0 Å². The van der Waals surface area contributed by atoms with E-state index in [1.54, 1.807) is 0 Å². The summed E-state index contributed by atoms with van der Waals surface area (Å²) in [6, 6.07) is 4.03. The van der Waals surface area contributed by atoms with Gasteiger partial charge in [-0.25, -0.2) is 0 Å². The van der Waals surface area contributed by atoms with E-state index in [9.17, 15) is 0 Å². The predicted molar refractivity (Wildman–Crippen MR) is 66.3 cm³/mol. The first-order valence-electron chi connectivity index (χ1n) is 4.78. The van der Waals surface area contributed by atoms with E-state index in [2.05, 4.69) is 33.8 Å². The Morgan fingerprint density at radius 2 is 2.21 bits per heavy atom. The van der Waals surface area contributed by atoms with Crippen LogP contribution in [0.3, 0.4) is 0 Å². The van der Waals surface area contributed by atoms with Gasteiger partial charge < -0.3 is 5.32 Å². The van der Waals surface area contributed by atoms with Crippen LogP contribution in [0, 0.1) is 0 Å². The Kier molecular flexibility index (Phi) is 4.01. The lowest BCUT2D eigenvalue weighted by Gasteiger charge is -2.21. The zero-order valence-corrected chi connectivity index (χ0v) is 9.61. The molecule has 1 aromatic heterocycles. The number of anilines is 1. The maximum Gasteiger partial charge on any atom is 0.0371 e. The van der Waals surface area contributed by atoms with Crippen molar-refractivity contribution in [3.63, 3.8) is 0 Å². The third kappa shape index (κ3) is 3.10. The Balaban J connectivity index is 1.76. The van der Waals surface area contributed by atoms with Crippen molar-refractivity contribution in [2.45, 2.75) is 5.25 Å². The molecule has 2 nitrogen and oxygen atoms in total. The van der Waals surface area contributed by atoms with Gasteiger partial charge in [0.25, 0.3) is 0 Å². The van der Waals surface area contributed by atoms with Crippen LogP contribution < -0.4 is 5.32 Å². The van der Waals surface area contributed by atoms with Gasteiger partial charge in [0.2, 0.25) is 0 Å². The van der Waals surface area contributed by atoms with Gasteiger partial charge in [-0.1, -0.05) is 0 Å². The molecule has 76 valence electrons. The van der Waals surface area contributed by atoms with Crippen LogP contribution in [0.15, 0.2) is 24.5 Å². The summed E-state index contributed by atoms with van der Waals surface area (Å²) in [5, 5.41) is 4.21. The fourth-order valence-corrected chi connectivity index (χ4v) is 3.97. The van der Waals surface area contributed by atoms with Gasteiger partial charge >= 0.3 is 0 Å². The molecule has 0 radical (unpaired) electrons. The first-order chi connectivity index (χ1) is 6.95. The monoisotopic (exact) mass is 226 g/mol. The highest BCUT2D eigenvalue weighted by Crippen LogP contribution is 2.24. The molecule has 14 heavy (non-hydrogen) atoms. The lowest BCUT2D eigenvalue weighted by molar-refractivity contribution is 1.00. The van der Waals surface area contributed by atoms with E-state index in [1.807, 2.05) is 24.5 Å². The highest BCUT2D eigenvalue weighted by Gasteiger charge is 2.13. The van der Waals surface area contributed by atoms with E-state index < -0.39 is 0 Å². The van der Waals surface area contributed by atoms with Crippen molar-refractivity contribution in [2.75, 3.05) is 29.1 Å². The number of nitrogens with one attached hydrogen (secondary N) is 1. The Morgan fingerprint density at radius 1 is 1.36 bits per heavy atom. The van der Waals surface area contributed by atoms with Gasteiger partial charge in [0.05, 0.1) is 0 Å². The number of thioether (sulfide) groups is 2. The average molecular weight is 226 g/mol. The van der Waals surface area contributed by atoms with Crippen molar-refractivity contribution in [1.29, 1.82) is 0 Å². The molecule has 0 bridgehead atoms. The van der Waals surface area contributed by atoms with Crippen molar-refractivity contribution in [1.82, 2.24) is 4.98 Å². The average Bonchev–Trinajstić information content (AvgIpc) is 2.29. The van der Waals surface area contributed by atoms with Crippen LogP contribution in [-0.2, 0) is 0 Å². The quantitative estimate of drug-likeness (QED) is 0.855. The van der Waals surface area contributed by atoms with Crippen molar-refractivity contribution < 1.29 is 0 Å². The zero-order chi connectivity index (χ0) is 9.64. The van der Waals surface area contributed by atoms with E-state index in [1.165, 1.54) is 22.9 Å². The minimum atomic E-state index is 0.766. The van der Waals surface area contributed by atoms with E-state index in [0.717, 1.165) is 11.8 Å². The van der Waals surface area contributed by atoms with Gasteiger partial charge in [0, 0.05) is 47.1 Å². The highest BCUT2D eigenvalue weighted by atomic mass is 32.2. The molecule has 0 saturated carbocycles. The van der Waals surface area contributed by atoms with E-state index in [0.29, 0.717) is 0 Å². The molecular formula is C10H14N2S2. The van der Waals surface area contributed by atoms with Crippen LogP contribution in [-0.4, -0.2) is 34.0 Å². The van der Waals surface area contributed by atoms with Crippen molar-refractivity contribution >= 4 is 29.2 Å². The lowest BCUT2D eigenvalue weighted by Crippen LogP contribution is -2.23. The van der Waals surface area contributed by atoms with Crippen LogP contribution in [0.25, 0.3) is 0 Å². The summed E-state index contributed by atoms with van der Waals surface area (Å²) >= 11 is 4.15. The van der Waals surface area contributed by atoms with Gasteiger partial charge in [-0.2, -0.15) is 23.5 Å². The van der Waals surface area contributed by atoms with E-state index in [4.69, 9.17) is 0 Å². The summed E-state index contributed by atoms with van der Waals surface area (Å²) in [4.78, 5) is 3.99. The maximum absolute atomic E-state index is 3.99. The molecule has 1 saturated heterocycles. The second-order valence-corrected chi connectivity index (χ2v) is 5.74. The van der Waals surface area contributed by atoms with E-state index in [-0.39, 0.29) is 0 Å². The Labute approximate surface area is 93.3 Å². The van der Waals surface area contributed by atoms with E-state index >= 15 is 0 Å². The Bertz CT molecular complexity index is 260. The van der Waals surface area contributed by atoms with Crippen LogP contribution in [0.5, 0.6) is 0 Å². The van der Waals surface area contributed by atoms with Gasteiger partial charge in [0.15, 0.2) is 0 Å². The molecule has 1 N–H and O–H groups in total. The fraction of sp³-hybridized carbons (Fsp3) is 0.500. The molecule has 0 amide bonds. The topological polar surface area (TPSA) is 24.9 Å². The van der Waals surface area contributed by atoms with Crippen LogP contribution in [0.2, 0.25) is 0 Å². The third-order valence-electron chi connectivity index (χ3n) is 2.10. The van der Waals surface area contributed by atoms with Crippen LogP contribution in [0.4, 0.5) is 5.69 Å². The molecule has 1 aromatic rings. The van der Waals surface area contributed by atoms with Crippen molar-refractivity contribution in [2.24, 2.45) is 0 Å². The molecule has 0 aromatic carbocycles. The molecule has 0 spiro atoms. The van der Waals surface area contributed by atoms with Crippen molar-refractivity contribution in [3.8, 4) is 0 Å². The molecular weight excluding hydrogens is 212 g/mol. The summed E-state index contributed by atoms with van der Waals surface area (Å²) in [5.41, 5.74) is 1.18. The first-order valence-corrected chi connectivity index (χ1v) is 6.99. The minimum Gasteiger partial charge on any atom is -0.384 e. The molecule has 0 aliphatic carbocycles. The minimum absolute atomic E-state index is 0.766. The number of rotatable bonds is 3. The molecule has 2 rings (SSSR count). The Hall–Kier alpha value is -0.350. The second kappa shape index (κ2) is 5.51. The number of hydrogen-bond donors (Lipinski definition) is 1. The van der Waals surface area contributed by atoms with Crippen molar-refractivity contribution in [3.05, 3.63) is 24.5 Å². The third-order valence-corrected chi connectivity index (χ3v) is 4.94. The van der Waals surface area contributed by atoms with Gasteiger partial charge in [-0.15, -0.1) is 0 Å². The molecule has 1 fully saturated rings. The standard InChI is InChI=1S/C10H14N2S2/c1-3-11-4-2-9(1)12-7-10-8-13-5-6-14-10/h1-4,10H,5-8H2,(H,11,12). The summed E-state index contributed by atoms with van der Waals surface area (Å²) in [7, 11) is 0. The summed E-state index contributed by atoms with van der Waals surface area (Å²) in [6.07, 6.45) is 3.65. The molecule has 2 heterocycles. The fourth-order valence-electron chi connectivity index (χ4n) is 1.36. The molecule has 1 unspecified atom stereocenters. The molecule has 4 heteroatoms. The first kappa shape index (κ1) is 10.2. The Morgan fingerprint density at radius 3 is 2.93 bits per heavy atom.